The number of Topliss-reactive ketones (excluding diaryl/α,β-unsaturated/α-hetero) is 1. The Morgan fingerprint density at radius 2 is 1.60 bits per heavy atom. The quantitative estimate of drug-likeness (QED) is 0.499. The minimum atomic E-state index is -0.964. The van der Waals surface area contributed by atoms with Crippen molar-refractivity contribution in [3.05, 3.63) is 65.2 Å². The minimum Gasteiger partial charge on any atom is -0.493 e. The summed E-state index contributed by atoms with van der Waals surface area (Å²) in [6.45, 7) is 9.30. The van der Waals surface area contributed by atoms with Crippen LogP contribution in [0.25, 0.3) is 0 Å². The number of para-hydroxylation sites is 1. The van der Waals surface area contributed by atoms with Crippen molar-refractivity contribution in [2.45, 2.75) is 46.8 Å². The van der Waals surface area contributed by atoms with Crippen molar-refractivity contribution in [2.75, 3.05) is 6.61 Å². The summed E-state index contributed by atoms with van der Waals surface area (Å²) in [6, 6.07) is 13.0. The van der Waals surface area contributed by atoms with Gasteiger partial charge < -0.3 is 14.8 Å². The Kier molecular flexibility index (Phi) is 8.16. The van der Waals surface area contributed by atoms with Crippen LogP contribution < -0.4 is 10.1 Å². The second kappa shape index (κ2) is 10.6. The number of rotatable bonds is 9. The lowest BCUT2D eigenvalue weighted by atomic mass is 10.0. The average molecular weight is 411 g/mol. The van der Waals surface area contributed by atoms with Gasteiger partial charge in [0.25, 0.3) is 5.91 Å². The predicted molar refractivity (Wildman–Crippen MR) is 115 cm³/mol. The van der Waals surface area contributed by atoms with Crippen molar-refractivity contribution < 1.29 is 23.9 Å². The standard InChI is InChI=1S/C24H29NO5/c1-6-29-20-10-8-7-9-19(20)23(27)25-21(15(2)3)24(28)30-17(5)22(26)18-13-11-16(4)12-14-18/h7-15,17,21H,6H2,1-5H3,(H,25,27)/t17?,21-/m0/s1. The third-order valence-electron chi connectivity index (χ3n) is 4.64. The zero-order chi connectivity index (χ0) is 22.3. The van der Waals surface area contributed by atoms with Crippen LogP contribution in [0.3, 0.4) is 0 Å². The van der Waals surface area contributed by atoms with Gasteiger partial charge >= 0.3 is 5.97 Å². The van der Waals surface area contributed by atoms with Crippen molar-refractivity contribution in [1.82, 2.24) is 5.32 Å². The van der Waals surface area contributed by atoms with Crippen molar-refractivity contribution in [3.8, 4) is 5.75 Å². The van der Waals surface area contributed by atoms with Crippen LogP contribution >= 0.6 is 0 Å². The molecule has 0 saturated heterocycles. The molecule has 1 unspecified atom stereocenters. The molecule has 1 N–H and O–H groups in total. The first-order chi connectivity index (χ1) is 14.2. The molecule has 0 radical (unpaired) electrons. The maximum atomic E-state index is 12.8. The van der Waals surface area contributed by atoms with Gasteiger partial charge in [0.05, 0.1) is 12.2 Å². The number of ether oxygens (including phenoxy) is 2. The third-order valence-corrected chi connectivity index (χ3v) is 4.64. The van der Waals surface area contributed by atoms with Crippen molar-refractivity contribution >= 4 is 17.7 Å². The summed E-state index contributed by atoms with van der Waals surface area (Å²) >= 11 is 0. The van der Waals surface area contributed by atoms with E-state index < -0.39 is 24.0 Å². The third kappa shape index (κ3) is 5.92. The lowest BCUT2D eigenvalue weighted by molar-refractivity contribution is -0.149. The molecule has 0 bridgehead atoms. The van der Waals surface area contributed by atoms with Crippen molar-refractivity contribution in [3.63, 3.8) is 0 Å². The van der Waals surface area contributed by atoms with Crippen molar-refractivity contribution in [1.29, 1.82) is 0 Å². The van der Waals surface area contributed by atoms with E-state index in [0.29, 0.717) is 23.5 Å². The van der Waals surface area contributed by atoms with Crippen LogP contribution in [0.5, 0.6) is 5.75 Å². The van der Waals surface area contributed by atoms with E-state index in [4.69, 9.17) is 9.47 Å². The maximum absolute atomic E-state index is 12.8. The van der Waals surface area contributed by atoms with Gasteiger partial charge in [-0.05, 0) is 38.8 Å². The average Bonchev–Trinajstić information content (AvgIpc) is 2.72. The summed E-state index contributed by atoms with van der Waals surface area (Å²) in [5, 5.41) is 2.72. The fourth-order valence-corrected chi connectivity index (χ4v) is 2.91. The molecule has 0 aliphatic heterocycles. The Morgan fingerprint density at radius 1 is 0.967 bits per heavy atom. The molecule has 1 amide bonds. The lowest BCUT2D eigenvalue weighted by Gasteiger charge is -2.23. The van der Waals surface area contributed by atoms with Crippen LogP contribution in [0, 0.1) is 12.8 Å². The summed E-state index contributed by atoms with van der Waals surface area (Å²) in [6.07, 6.45) is -0.964. The fourth-order valence-electron chi connectivity index (χ4n) is 2.91. The Bertz CT molecular complexity index is 889. The molecular formula is C24H29NO5. The Balaban J connectivity index is 2.10. The van der Waals surface area contributed by atoms with Crippen LogP contribution in [0.2, 0.25) is 0 Å². The molecule has 0 fully saturated rings. The van der Waals surface area contributed by atoms with Gasteiger partial charge in [-0.15, -0.1) is 0 Å². The van der Waals surface area contributed by atoms with Gasteiger partial charge in [-0.25, -0.2) is 4.79 Å². The Labute approximate surface area is 177 Å². The zero-order valence-electron chi connectivity index (χ0n) is 18.1. The number of ketones is 1. The molecule has 6 heteroatoms. The van der Waals surface area contributed by atoms with E-state index >= 15 is 0 Å². The van der Waals surface area contributed by atoms with Gasteiger partial charge in [0.15, 0.2) is 6.10 Å². The number of carbonyl (C=O) groups excluding carboxylic acids is 3. The number of hydrogen-bond acceptors (Lipinski definition) is 5. The zero-order valence-corrected chi connectivity index (χ0v) is 18.1. The molecule has 160 valence electrons. The van der Waals surface area contributed by atoms with Gasteiger partial charge in [-0.3, -0.25) is 9.59 Å². The van der Waals surface area contributed by atoms with Crippen LogP contribution in [0.4, 0.5) is 0 Å². The molecule has 2 aromatic carbocycles. The molecule has 0 heterocycles. The largest absolute Gasteiger partial charge is 0.493 e. The lowest BCUT2D eigenvalue weighted by Crippen LogP contribution is -2.46. The molecule has 0 aromatic heterocycles. The molecular weight excluding hydrogens is 382 g/mol. The molecule has 2 atom stereocenters. The Hall–Kier alpha value is -3.15. The highest BCUT2D eigenvalue weighted by molar-refractivity contribution is 6.01. The number of nitrogens with one attached hydrogen (secondary N) is 1. The van der Waals surface area contributed by atoms with E-state index in [-0.39, 0.29) is 11.7 Å². The van der Waals surface area contributed by atoms with E-state index in [1.165, 1.54) is 6.92 Å². The van der Waals surface area contributed by atoms with Crippen LogP contribution in [0.15, 0.2) is 48.5 Å². The molecule has 0 aliphatic rings. The summed E-state index contributed by atoms with van der Waals surface area (Å²) in [5.74, 6) is -1.18. The molecule has 0 saturated carbocycles. The summed E-state index contributed by atoms with van der Waals surface area (Å²) in [5.41, 5.74) is 1.84. The SMILES string of the molecule is CCOc1ccccc1C(=O)N[C@H](C(=O)OC(C)C(=O)c1ccc(C)cc1)C(C)C. The van der Waals surface area contributed by atoms with Gasteiger partial charge in [0, 0.05) is 5.56 Å². The molecule has 2 rings (SSSR count). The number of aryl methyl sites for hydroxylation is 1. The first kappa shape index (κ1) is 23.1. The van der Waals surface area contributed by atoms with Gasteiger partial charge in [0.1, 0.15) is 11.8 Å². The number of esters is 1. The smallest absolute Gasteiger partial charge is 0.329 e. The van der Waals surface area contributed by atoms with Crippen LogP contribution in [-0.4, -0.2) is 36.4 Å². The summed E-state index contributed by atoms with van der Waals surface area (Å²) in [4.78, 5) is 38.1. The van der Waals surface area contributed by atoms with Gasteiger partial charge in [-0.1, -0.05) is 55.8 Å². The number of carbonyl (C=O) groups is 3. The molecule has 0 spiro atoms. The molecule has 6 nitrogen and oxygen atoms in total. The number of benzene rings is 2. The highest BCUT2D eigenvalue weighted by Crippen LogP contribution is 2.19. The number of hydrogen-bond donors (Lipinski definition) is 1. The van der Waals surface area contributed by atoms with Gasteiger partial charge in [0.2, 0.25) is 5.78 Å². The van der Waals surface area contributed by atoms with Crippen molar-refractivity contribution in [2.24, 2.45) is 5.92 Å². The topological polar surface area (TPSA) is 81.7 Å². The highest BCUT2D eigenvalue weighted by atomic mass is 16.5. The predicted octanol–water partition coefficient (Wildman–Crippen LogP) is 3.96. The number of amides is 1. The molecule has 30 heavy (non-hydrogen) atoms. The second-order valence-corrected chi connectivity index (χ2v) is 7.43. The van der Waals surface area contributed by atoms with Crippen LogP contribution in [-0.2, 0) is 9.53 Å². The maximum Gasteiger partial charge on any atom is 0.329 e. The highest BCUT2D eigenvalue weighted by Gasteiger charge is 2.30. The first-order valence-corrected chi connectivity index (χ1v) is 10.1. The molecule has 2 aromatic rings. The van der Waals surface area contributed by atoms with E-state index in [1.54, 1.807) is 50.2 Å². The van der Waals surface area contributed by atoms with E-state index in [0.717, 1.165) is 5.56 Å². The second-order valence-electron chi connectivity index (χ2n) is 7.43. The normalized spacial score (nSPS) is 12.7. The monoisotopic (exact) mass is 411 g/mol. The first-order valence-electron chi connectivity index (χ1n) is 10.1. The summed E-state index contributed by atoms with van der Waals surface area (Å²) < 4.78 is 10.9. The van der Waals surface area contributed by atoms with E-state index in [2.05, 4.69) is 5.32 Å². The van der Waals surface area contributed by atoms with E-state index in [1.807, 2.05) is 26.0 Å². The van der Waals surface area contributed by atoms with Crippen LogP contribution in [0.1, 0.15) is 54.0 Å². The van der Waals surface area contributed by atoms with E-state index in [9.17, 15) is 14.4 Å². The fraction of sp³-hybridized carbons (Fsp3) is 0.375. The minimum absolute atomic E-state index is 0.234. The Morgan fingerprint density at radius 3 is 2.20 bits per heavy atom. The van der Waals surface area contributed by atoms with Gasteiger partial charge in [-0.2, -0.15) is 0 Å². The molecule has 0 aliphatic carbocycles. The summed E-state index contributed by atoms with van der Waals surface area (Å²) in [7, 11) is 0.